The molecular formula is C20H26N6O2. The van der Waals surface area contributed by atoms with Gasteiger partial charge >= 0.3 is 6.03 Å². The minimum atomic E-state index is -0.629. The summed E-state index contributed by atoms with van der Waals surface area (Å²) in [6, 6.07) is 8.10. The lowest BCUT2D eigenvalue weighted by Crippen LogP contribution is -2.49. The van der Waals surface area contributed by atoms with E-state index in [-0.39, 0.29) is 11.8 Å². The van der Waals surface area contributed by atoms with E-state index < -0.39 is 6.03 Å². The Kier molecular flexibility index (Phi) is 5.77. The van der Waals surface area contributed by atoms with Gasteiger partial charge in [0.15, 0.2) is 0 Å². The first-order valence-corrected chi connectivity index (χ1v) is 9.40. The normalized spacial score (nSPS) is 14.3. The van der Waals surface area contributed by atoms with Crippen LogP contribution in [-0.2, 0) is 0 Å². The van der Waals surface area contributed by atoms with E-state index in [1.807, 2.05) is 17.9 Å². The highest BCUT2D eigenvalue weighted by Crippen LogP contribution is 2.20. The lowest BCUT2D eigenvalue weighted by Gasteiger charge is -2.35. The molecule has 2 heterocycles. The fourth-order valence-corrected chi connectivity index (χ4v) is 3.15. The Morgan fingerprint density at radius 1 is 1.07 bits per heavy atom. The van der Waals surface area contributed by atoms with E-state index in [1.165, 1.54) is 0 Å². The van der Waals surface area contributed by atoms with Gasteiger partial charge in [0.2, 0.25) is 0 Å². The summed E-state index contributed by atoms with van der Waals surface area (Å²) in [5, 5.41) is 2.49. The van der Waals surface area contributed by atoms with Crippen molar-refractivity contribution in [2.45, 2.75) is 26.7 Å². The number of nitrogens with one attached hydrogen (secondary N) is 1. The fourth-order valence-electron chi connectivity index (χ4n) is 3.15. The monoisotopic (exact) mass is 382 g/mol. The zero-order chi connectivity index (χ0) is 20.3. The molecule has 0 atom stereocenters. The SMILES string of the molecule is Cc1cc(N2CCN(C(=O)c3ccc(NC(N)=O)cc3)CC2)nc(C(C)C)n1. The Morgan fingerprint density at radius 2 is 1.71 bits per heavy atom. The van der Waals surface area contributed by atoms with Gasteiger partial charge in [0, 0.05) is 55.1 Å². The van der Waals surface area contributed by atoms with Crippen LogP contribution in [-0.4, -0.2) is 53.0 Å². The summed E-state index contributed by atoms with van der Waals surface area (Å²) in [5.74, 6) is 2.02. The lowest BCUT2D eigenvalue weighted by molar-refractivity contribution is 0.0746. The summed E-state index contributed by atoms with van der Waals surface area (Å²) in [6.07, 6.45) is 0. The summed E-state index contributed by atoms with van der Waals surface area (Å²) in [6.45, 7) is 8.84. The van der Waals surface area contributed by atoms with Crippen LogP contribution in [0.1, 0.15) is 41.6 Å². The lowest BCUT2D eigenvalue weighted by atomic mass is 10.1. The number of benzene rings is 1. The number of amides is 3. The van der Waals surface area contributed by atoms with E-state index in [4.69, 9.17) is 5.73 Å². The number of hydrogen-bond acceptors (Lipinski definition) is 5. The molecule has 1 aromatic heterocycles. The van der Waals surface area contributed by atoms with Crippen LogP contribution in [0.4, 0.5) is 16.3 Å². The van der Waals surface area contributed by atoms with Crippen LogP contribution in [0.5, 0.6) is 0 Å². The summed E-state index contributed by atoms with van der Waals surface area (Å²) in [5.41, 5.74) is 7.20. The highest BCUT2D eigenvalue weighted by molar-refractivity contribution is 5.95. The Balaban J connectivity index is 1.63. The van der Waals surface area contributed by atoms with Gasteiger partial charge in [-0.3, -0.25) is 4.79 Å². The van der Waals surface area contributed by atoms with E-state index in [0.29, 0.717) is 24.3 Å². The Labute approximate surface area is 164 Å². The summed E-state index contributed by atoms with van der Waals surface area (Å²) in [7, 11) is 0. The van der Waals surface area contributed by atoms with Gasteiger partial charge in [-0.2, -0.15) is 0 Å². The first-order valence-electron chi connectivity index (χ1n) is 9.40. The number of primary amides is 1. The second kappa shape index (κ2) is 8.24. The molecule has 148 valence electrons. The quantitative estimate of drug-likeness (QED) is 0.845. The molecule has 0 radical (unpaired) electrons. The van der Waals surface area contributed by atoms with Gasteiger partial charge < -0.3 is 20.9 Å². The molecule has 2 aromatic rings. The van der Waals surface area contributed by atoms with Gasteiger partial charge in [0.05, 0.1) is 0 Å². The van der Waals surface area contributed by atoms with Crippen molar-refractivity contribution in [3.63, 3.8) is 0 Å². The molecule has 1 aliphatic rings. The fraction of sp³-hybridized carbons (Fsp3) is 0.400. The number of aromatic nitrogens is 2. The molecule has 0 spiro atoms. The molecule has 3 rings (SSSR count). The standard InChI is InChI=1S/C20H26N6O2/c1-13(2)18-22-14(3)12-17(24-18)25-8-10-26(11-9-25)19(27)15-4-6-16(7-5-15)23-20(21)28/h4-7,12-13H,8-11H2,1-3H3,(H3,21,23,28). The van der Waals surface area contributed by atoms with Crippen LogP contribution >= 0.6 is 0 Å². The molecule has 8 heteroatoms. The molecule has 3 N–H and O–H groups in total. The number of aryl methyl sites for hydroxylation is 1. The third-order valence-corrected chi connectivity index (χ3v) is 4.66. The minimum absolute atomic E-state index is 0.0213. The van der Waals surface area contributed by atoms with Gasteiger partial charge in [-0.05, 0) is 31.2 Å². The number of hydrogen-bond donors (Lipinski definition) is 2. The van der Waals surface area contributed by atoms with Crippen molar-refractivity contribution in [3.05, 3.63) is 47.4 Å². The molecular weight excluding hydrogens is 356 g/mol. The van der Waals surface area contributed by atoms with Gasteiger partial charge in [0.1, 0.15) is 11.6 Å². The van der Waals surface area contributed by atoms with E-state index in [1.54, 1.807) is 24.3 Å². The number of carbonyl (C=O) groups is 2. The number of piperazine rings is 1. The second-order valence-electron chi connectivity index (χ2n) is 7.23. The molecule has 0 bridgehead atoms. The number of anilines is 2. The first kappa shape index (κ1) is 19.6. The maximum atomic E-state index is 12.7. The van der Waals surface area contributed by atoms with Crippen molar-refractivity contribution in [2.75, 3.05) is 36.4 Å². The van der Waals surface area contributed by atoms with Crippen molar-refractivity contribution in [1.82, 2.24) is 14.9 Å². The zero-order valence-electron chi connectivity index (χ0n) is 16.5. The molecule has 1 aliphatic heterocycles. The van der Waals surface area contributed by atoms with Crippen molar-refractivity contribution in [3.8, 4) is 0 Å². The largest absolute Gasteiger partial charge is 0.353 e. The van der Waals surface area contributed by atoms with Gasteiger partial charge in [-0.1, -0.05) is 13.8 Å². The van der Waals surface area contributed by atoms with Crippen LogP contribution in [0.25, 0.3) is 0 Å². The van der Waals surface area contributed by atoms with Crippen LogP contribution in [0.2, 0.25) is 0 Å². The average molecular weight is 382 g/mol. The van der Waals surface area contributed by atoms with Gasteiger partial charge in [-0.15, -0.1) is 0 Å². The Bertz CT molecular complexity index is 857. The molecule has 0 aliphatic carbocycles. The minimum Gasteiger partial charge on any atom is -0.353 e. The third kappa shape index (κ3) is 4.57. The predicted molar refractivity (Wildman–Crippen MR) is 109 cm³/mol. The summed E-state index contributed by atoms with van der Waals surface area (Å²) < 4.78 is 0. The Hall–Kier alpha value is -3.16. The highest BCUT2D eigenvalue weighted by atomic mass is 16.2. The molecule has 28 heavy (non-hydrogen) atoms. The highest BCUT2D eigenvalue weighted by Gasteiger charge is 2.23. The van der Waals surface area contributed by atoms with Crippen LogP contribution in [0.15, 0.2) is 30.3 Å². The molecule has 8 nitrogen and oxygen atoms in total. The molecule has 0 saturated carbocycles. The zero-order valence-corrected chi connectivity index (χ0v) is 16.5. The third-order valence-electron chi connectivity index (χ3n) is 4.66. The van der Waals surface area contributed by atoms with Crippen molar-refractivity contribution < 1.29 is 9.59 Å². The topological polar surface area (TPSA) is 104 Å². The smallest absolute Gasteiger partial charge is 0.316 e. The number of rotatable bonds is 4. The number of urea groups is 1. The maximum Gasteiger partial charge on any atom is 0.316 e. The van der Waals surface area contributed by atoms with E-state index in [0.717, 1.165) is 30.4 Å². The van der Waals surface area contributed by atoms with E-state index >= 15 is 0 Å². The number of nitrogens with two attached hydrogens (primary N) is 1. The molecule has 1 fully saturated rings. The van der Waals surface area contributed by atoms with Crippen molar-refractivity contribution in [1.29, 1.82) is 0 Å². The van der Waals surface area contributed by atoms with Crippen molar-refractivity contribution >= 4 is 23.4 Å². The maximum absolute atomic E-state index is 12.7. The number of carbonyl (C=O) groups excluding carboxylic acids is 2. The molecule has 3 amide bonds. The van der Waals surface area contributed by atoms with Crippen molar-refractivity contribution in [2.24, 2.45) is 5.73 Å². The molecule has 1 aromatic carbocycles. The summed E-state index contributed by atoms with van der Waals surface area (Å²) >= 11 is 0. The predicted octanol–water partition coefficient (Wildman–Crippen LogP) is 2.36. The Morgan fingerprint density at radius 3 is 2.29 bits per heavy atom. The number of nitrogens with zero attached hydrogens (tertiary/aromatic N) is 4. The first-order chi connectivity index (χ1) is 13.3. The van der Waals surface area contributed by atoms with E-state index in [2.05, 4.69) is 34.0 Å². The average Bonchev–Trinajstić information content (AvgIpc) is 2.67. The van der Waals surface area contributed by atoms with Gasteiger partial charge in [0.25, 0.3) is 5.91 Å². The van der Waals surface area contributed by atoms with Crippen LogP contribution in [0.3, 0.4) is 0 Å². The second-order valence-corrected chi connectivity index (χ2v) is 7.23. The molecule has 1 saturated heterocycles. The summed E-state index contributed by atoms with van der Waals surface area (Å²) in [4.78, 5) is 36.8. The van der Waals surface area contributed by atoms with Crippen LogP contribution in [0, 0.1) is 6.92 Å². The van der Waals surface area contributed by atoms with Crippen LogP contribution < -0.4 is 16.0 Å². The van der Waals surface area contributed by atoms with Gasteiger partial charge in [-0.25, -0.2) is 14.8 Å². The van der Waals surface area contributed by atoms with E-state index in [9.17, 15) is 9.59 Å². The molecule has 0 unspecified atom stereocenters.